The van der Waals surface area contributed by atoms with Gasteiger partial charge in [0.15, 0.2) is 8.32 Å². The number of para-hydroxylation sites is 1. The van der Waals surface area contributed by atoms with Crippen molar-refractivity contribution in [2.24, 2.45) is 0 Å². The summed E-state index contributed by atoms with van der Waals surface area (Å²) in [6.07, 6.45) is 1.83. The van der Waals surface area contributed by atoms with E-state index in [1.165, 1.54) is 0 Å². The van der Waals surface area contributed by atoms with Gasteiger partial charge in [-0.3, -0.25) is 4.98 Å². The molecule has 3 nitrogen and oxygen atoms in total. The maximum absolute atomic E-state index is 6.18. The molecule has 0 unspecified atom stereocenters. The van der Waals surface area contributed by atoms with Gasteiger partial charge < -0.3 is 9.74 Å². The Hall–Kier alpha value is -1.39. The molecule has 0 amide bonds. The van der Waals surface area contributed by atoms with Crippen LogP contribution in [0.4, 0.5) is 5.69 Å². The van der Waals surface area contributed by atoms with Gasteiger partial charge in [0.2, 0.25) is 0 Å². The predicted molar refractivity (Wildman–Crippen MR) is 93.4 cm³/mol. The summed E-state index contributed by atoms with van der Waals surface area (Å²) < 4.78 is 6.18. The van der Waals surface area contributed by atoms with Gasteiger partial charge in [-0.25, -0.2) is 0 Å². The molecule has 1 N–H and O–H groups in total. The number of nitrogens with one attached hydrogen (secondary N) is 1. The lowest BCUT2D eigenvalue weighted by Crippen LogP contribution is -2.41. The summed E-state index contributed by atoms with van der Waals surface area (Å²) in [5.41, 5.74) is 2.10. The molecule has 1 aromatic carbocycles. The Morgan fingerprint density at radius 3 is 2.57 bits per heavy atom. The van der Waals surface area contributed by atoms with Crippen molar-refractivity contribution in [2.45, 2.75) is 38.9 Å². The van der Waals surface area contributed by atoms with E-state index in [1.807, 2.05) is 12.3 Å². The van der Waals surface area contributed by atoms with Gasteiger partial charge in [-0.05, 0) is 30.3 Å². The van der Waals surface area contributed by atoms with Crippen LogP contribution in [0.15, 0.2) is 36.5 Å². The zero-order chi connectivity index (χ0) is 15.5. The molecule has 1 heterocycles. The minimum atomic E-state index is -1.65. The fourth-order valence-corrected chi connectivity index (χ4v) is 3.00. The maximum Gasteiger partial charge on any atom is 0.192 e. The van der Waals surface area contributed by atoms with Gasteiger partial charge in [0, 0.05) is 18.1 Å². The van der Waals surface area contributed by atoms with E-state index in [2.05, 4.69) is 68.4 Å². The van der Waals surface area contributed by atoms with E-state index in [4.69, 9.17) is 4.43 Å². The van der Waals surface area contributed by atoms with Crippen molar-refractivity contribution >= 4 is 24.9 Å². The van der Waals surface area contributed by atoms with Crippen LogP contribution in [0.5, 0.6) is 0 Å². The first-order valence-corrected chi connectivity index (χ1v) is 10.4. The molecule has 0 spiro atoms. The van der Waals surface area contributed by atoms with Crippen LogP contribution in [-0.4, -0.2) is 26.5 Å². The first-order valence-electron chi connectivity index (χ1n) is 7.53. The molecule has 0 aliphatic carbocycles. The number of anilines is 1. The Morgan fingerprint density at radius 1 is 1.14 bits per heavy atom. The third kappa shape index (κ3) is 3.83. The normalized spacial score (nSPS) is 12.6. The number of pyridine rings is 1. The second kappa shape index (κ2) is 6.16. The summed E-state index contributed by atoms with van der Waals surface area (Å²) in [5.74, 6) is 0. The van der Waals surface area contributed by atoms with E-state index >= 15 is 0 Å². The smallest absolute Gasteiger partial charge is 0.192 e. The Balaban J connectivity index is 1.95. The molecule has 0 atom stereocenters. The highest BCUT2D eigenvalue weighted by Gasteiger charge is 2.36. The second-order valence-corrected chi connectivity index (χ2v) is 11.7. The van der Waals surface area contributed by atoms with Crippen LogP contribution in [0, 0.1) is 0 Å². The number of hydrogen-bond acceptors (Lipinski definition) is 3. The average Bonchev–Trinajstić information content (AvgIpc) is 2.42. The predicted octanol–water partition coefficient (Wildman–Crippen LogP) is 4.67. The number of fused-ring (bicyclic) bond motifs is 1. The third-order valence-electron chi connectivity index (χ3n) is 4.32. The van der Waals surface area contributed by atoms with Crippen molar-refractivity contribution in [3.05, 3.63) is 36.5 Å². The van der Waals surface area contributed by atoms with Crippen LogP contribution in [0.25, 0.3) is 10.9 Å². The van der Waals surface area contributed by atoms with Crippen molar-refractivity contribution in [3.63, 3.8) is 0 Å². The van der Waals surface area contributed by atoms with E-state index in [0.29, 0.717) is 0 Å². The highest BCUT2D eigenvalue weighted by atomic mass is 28.4. The molecule has 2 rings (SSSR count). The quantitative estimate of drug-likeness (QED) is 0.644. The van der Waals surface area contributed by atoms with Gasteiger partial charge in [0.25, 0.3) is 0 Å². The number of benzene rings is 1. The van der Waals surface area contributed by atoms with Gasteiger partial charge in [0.1, 0.15) is 0 Å². The van der Waals surface area contributed by atoms with Crippen molar-refractivity contribution in [1.82, 2.24) is 4.98 Å². The highest BCUT2D eigenvalue weighted by molar-refractivity contribution is 6.74. The fourth-order valence-electron chi connectivity index (χ4n) is 1.96. The summed E-state index contributed by atoms with van der Waals surface area (Å²) in [6.45, 7) is 12.9. The van der Waals surface area contributed by atoms with E-state index in [-0.39, 0.29) is 5.04 Å². The molecular weight excluding hydrogens is 276 g/mol. The third-order valence-corrected chi connectivity index (χ3v) is 8.86. The zero-order valence-corrected chi connectivity index (χ0v) is 14.7. The molecule has 0 aliphatic heterocycles. The minimum absolute atomic E-state index is 0.258. The lowest BCUT2D eigenvalue weighted by atomic mass is 10.2. The minimum Gasteiger partial charge on any atom is -0.415 e. The molecule has 0 saturated carbocycles. The summed E-state index contributed by atoms with van der Waals surface area (Å²) in [4.78, 5) is 4.45. The zero-order valence-electron chi connectivity index (χ0n) is 13.7. The van der Waals surface area contributed by atoms with E-state index < -0.39 is 8.32 Å². The summed E-state index contributed by atoms with van der Waals surface area (Å²) >= 11 is 0. The van der Waals surface area contributed by atoms with Crippen LogP contribution < -0.4 is 5.32 Å². The molecule has 0 fully saturated rings. The van der Waals surface area contributed by atoms with Crippen LogP contribution in [0.1, 0.15) is 20.8 Å². The van der Waals surface area contributed by atoms with Crippen molar-refractivity contribution in [3.8, 4) is 0 Å². The van der Waals surface area contributed by atoms with Crippen LogP contribution >= 0.6 is 0 Å². The summed E-state index contributed by atoms with van der Waals surface area (Å²) in [5, 5.41) is 4.86. The number of hydrogen-bond donors (Lipinski definition) is 1. The van der Waals surface area contributed by atoms with Gasteiger partial charge in [-0.1, -0.05) is 39.0 Å². The Morgan fingerprint density at radius 2 is 1.86 bits per heavy atom. The molecular formula is C17H26N2OSi. The first kappa shape index (κ1) is 16.0. The van der Waals surface area contributed by atoms with E-state index in [9.17, 15) is 0 Å². The van der Waals surface area contributed by atoms with E-state index in [1.54, 1.807) is 0 Å². The molecule has 2 aromatic rings. The highest BCUT2D eigenvalue weighted by Crippen LogP contribution is 2.36. The average molecular weight is 302 g/mol. The van der Waals surface area contributed by atoms with Crippen molar-refractivity contribution in [2.75, 3.05) is 18.5 Å². The molecule has 21 heavy (non-hydrogen) atoms. The van der Waals surface area contributed by atoms with Crippen molar-refractivity contribution < 1.29 is 4.43 Å². The summed E-state index contributed by atoms with van der Waals surface area (Å²) in [6, 6.07) is 10.3. The van der Waals surface area contributed by atoms with Crippen LogP contribution in [0.3, 0.4) is 0 Å². The van der Waals surface area contributed by atoms with Crippen LogP contribution in [-0.2, 0) is 4.43 Å². The SMILES string of the molecule is CC(C)(C)[Si](C)(C)OCCNc1cccc2cccnc12. The molecule has 0 radical (unpaired) electrons. The number of rotatable bonds is 5. The largest absolute Gasteiger partial charge is 0.415 e. The Kier molecular flexibility index (Phi) is 4.69. The number of aromatic nitrogens is 1. The Labute approximate surface area is 128 Å². The first-order chi connectivity index (χ1) is 9.81. The molecule has 1 aromatic heterocycles. The lowest BCUT2D eigenvalue weighted by Gasteiger charge is -2.36. The fraction of sp³-hybridized carbons (Fsp3) is 0.471. The second-order valence-electron chi connectivity index (χ2n) is 6.92. The van der Waals surface area contributed by atoms with Gasteiger partial charge in [-0.15, -0.1) is 0 Å². The molecule has 0 bridgehead atoms. The molecule has 114 valence electrons. The van der Waals surface area contributed by atoms with Gasteiger partial charge in [-0.2, -0.15) is 0 Å². The van der Waals surface area contributed by atoms with Gasteiger partial charge >= 0.3 is 0 Å². The maximum atomic E-state index is 6.18. The topological polar surface area (TPSA) is 34.1 Å². The Bertz CT molecular complexity index is 600. The molecule has 0 saturated heterocycles. The van der Waals surface area contributed by atoms with Crippen molar-refractivity contribution in [1.29, 1.82) is 0 Å². The monoisotopic (exact) mass is 302 g/mol. The van der Waals surface area contributed by atoms with Crippen LogP contribution in [0.2, 0.25) is 18.1 Å². The number of nitrogens with zero attached hydrogens (tertiary/aromatic N) is 1. The lowest BCUT2D eigenvalue weighted by molar-refractivity contribution is 0.301. The standard InChI is InChI=1S/C17H26N2OSi/c1-17(2,3)21(4,5)20-13-12-18-15-10-6-8-14-9-7-11-19-16(14)15/h6-11,18H,12-13H2,1-5H3. The summed E-state index contributed by atoms with van der Waals surface area (Å²) in [7, 11) is -1.65. The van der Waals surface area contributed by atoms with E-state index in [0.717, 1.165) is 29.7 Å². The molecule has 4 heteroatoms. The van der Waals surface area contributed by atoms with Gasteiger partial charge in [0.05, 0.1) is 17.8 Å². The molecule has 0 aliphatic rings.